The minimum Gasteiger partial charge on any atom is -0.368 e. The van der Waals surface area contributed by atoms with E-state index in [9.17, 15) is 13.2 Å². The van der Waals surface area contributed by atoms with Crippen LogP contribution in [0.25, 0.3) is 0 Å². The van der Waals surface area contributed by atoms with Crippen molar-refractivity contribution in [1.29, 1.82) is 0 Å². The van der Waals surface area contributed by atoms with Crippen LogP contribution < -0.4 is 14.9 Å². The Hall–Kier alpha value is -2.42. The monoisotopic (exact) mass is 496 g/mol. The van der Waals surface area contributed by atoms with Crippen molar-refractivity contribution >= 4 is 27.3 Å². The Morgan fingerprint density at radius 3 is 2.49 bits per heavy atom. The van der Waals surface area contributed by atoms with Gasteiger partial charge in [0, 0.05) is 43.8 Å². The molecule has 1 heterocycles. The van der Waals surface area contributed by atoms with Crippen LogP contribution >= 0.6 is 0 Å². The van der Waals surface area contributed by atoms with Crippen LogP contribution in [0.15, 0.2) is 47.4 Å². The van der Waals surface area contributed by atoms with Crippen molar-refractivity contribution in [3.63, 3.8) is 0 Å². The molecule has 35 heavy (non-hydrogen) atoms. The van der Waals surface area contributed by atoms with E-state index in [0.717, 1.165) is 76.8 Å². The van der Waals surface area contributed by atoms with E-state index in [0.29, 0.717) is 11.4 Å². The molecule has 2 aromatic carbocycles. The highest BCUT2D eigenvalue weighted by Crippen LogP contribution is 2.35. The second-order valence-corrected chi connectivity index (χ2v) is 11.7. The zero-order valence-corrected chi connectivity index (χ0v) is 21.3. The molecule has 1 aliphatic heterocycles. The number of carbonyl (C=O) groups excluding carboxylic acids is 1. The molecule has 7 nitrogen and oxygen atoms in total. The Morgan fingerprint density at radius 1 is 1.00 bits per heavy atom. The fraction of sp³-hybridized carbons (Fsp3) is 0.519. The minimum absolute atomic E-state index is 0.0157. The van der Waals surface area contributed by atoms with E-state index in [1.54, 1.807) is 6.07 Å². The van der Waals surface area contributed by atoms with Crippen LogP contribution in [0.2, 0.25) is 0 Å². The van der Waals surface area contributed by atoms with Gasteiger partial charge < -0.3 is 15.1 Å². The summed E-state index contributed by atoms with van der Waals surface area (Å²) in [4.78, 5) is 17.4. The molecular weight excluding hydrogens is 460 g/mol. The molecule has 2 N–H and O–H groups in total. The molecule has 2 aliphatic carbocycles. The van der Waals surface area contributed by atoms with Crippen LogP contribution in [-0.2, 0) is 21.2 Å². The predicted molar refractivity (Wildman–Crippen MR) is 139 cm³/mol. The fourth-order valence-electron chi connectivity index (χ4n) is 5.42. The third-order valence-corrected chi connectivity index (χ3v) is 9.32. The average molecular weight is 497 g/mol. The van der Waals surface area contributed by atoms with E-state index < -0.39 is 10.0 Å². The van der Waals surface area contributed by atoms with Gasteiger partial charge in [-0.05, 0) is 68.0 Å². The van der Waals surface area contributed by atoms with Gasteiger partial charge in [0.15, 0.2) is 0 Å². The van der Waals surface area contributed by atoms with Gasteiger partial charge >= 0.3 is 0 Å². The molecule has 5 rings (SSSR count). The van der Waals surface area contributed by atoms with E-state index in [1.807, 2.05) is 30.3 Å². The largest absolute Gasteiger partial charge is 0.368 e. The van der Waals surface area contributed by atoms with Crippen molar-refractivity contribution < 1.29 is 13.2 Å². The number of aryl methyl sites for hydroxylation is 1. The SMILES string of the molecule is CCN1CCN(c2ccc(NC(=O)C3CCC3)cc2S(=O)(=O)NC2CCCc3ccccc32)CC1. The summed E-state index contributed by atoms with van der Waals surface area (Å²) in [5.74, 6) is 0.0202. The molecule has 188 valence electrons. The van der Waals surface area contributed by atoms with Crippen molar-refractivity contribution in [2.45, 2.75) is 56.4 Å². The topological polar surface area (TPSA) is 81.8 Å². The first-order valence-electron chi connectivity index (χ1n) is 13.0. The molecule has 0 radical (unpaired) electrons. The zero-order chi connectivity index (χ0) is 24.4. The number of hydrogen-bond acceptors (Lipinski definition) is 5. The Balaban J connectivity index is 1.45. The normalized spacial score (nSPS) is 21.3. The standard InChI is InChI=1S/C27H36N4O3S/c1-2-30-15-17-31(18-16-30)25-14-13-22(28-27(32)21-9-5-10-21)19-26(25)35(33,34)29-24-12-6-8-20-7-3-4-11-23(20)24/h3-4,7,11,13-14,19,21,24,29H,2,5-6,8-10,12,15-18H2,1H3,(H,28,32). The molecule has 1 atom stereocenters. The summed E-state index contributed by atoms with van der Waals surface area (Å²) in [6, 6.07) is 13.2. The Morgan fingerprint density at radius 2 is 1.77 bits per heavy atom. The van der Waals surface area contributed by atoms with Gasteiger partial charge in [-0.25, -0.2) is 13.1 Å². The van der Waals surface area contributed by atoms with Crippen LogP contribution in [0.1, 0.15) is 56.2 Å². The van der Waals surface area contributed by atoms with Crippen molar-refractivity contribution in [2.24, 2.45) is 5.92 Å². The number of anilines is 2. The number of amides is 1. The second kappa shape index (κ2) is 10.3. The van der Waals surface area contributed by atoms with Crippen LogP contribution in [0.3, 0.4) is 0 Å². The highest BCUT2D eigenvalue weighted by atomic mass is 32.2. The Kier molecular flexibility index (Phi) is 7.14. The molecule has 1 amide bonds. The summed E-state index contributed by atoms with van der Waals surface area (Å²) in [7, 11) is -3.83. The number of piperazine rings is 1. The van der Waals surface area contributed by atoms with Gasteiger partial charge in [0.05, 0.1) is 5.69 Å². The summed E-state index contributed by atoms with van der Waals surface area (Å²) in [6.07, 6.45) is 5.59. The fourth-order valence-corrected chi connectivity index (χ4v) is 6.92. The van der Waals surface area contributed by atoms with Crippen molar-refractivity contribution in [2.75, 3.05) is 42.9 Å². The molecule has 0 bridgehead atoms. The summed E-state index contributed by atoms with van der Waals surface area (Å²) < 4.78 is 30.8. The number of benzene rings is 2. The molecule has 1 saturated heterocycles. The molecule has 1 unspecified atom stereocenters. The first-order chi connectivity index (χ1) is 16.9. The maximum Gasteiger partial charge on any atom is 0.243 e. The third-order valence-electron chi connectivity index (χ3n) is 7.82. The van der Waals surface area contributed by atoms with Crippen LogP contribution in [0, 0.1) is 5.92 Å². The molecule has 0 spiro atoms. The number of likely N-dealkylation sites (N-methyl/N-ethyl adjacent to an activating group) is 1. The quantitative estimate of drug-likeness (QED) is 0.607. The number of nitrogens with one attached hydrogen (secondary N) is 2. The van der Waals surface area contributed by atoms with Gasteiger partial charge in [0.2, 0.25) is 15.9 Å². The summed E-state index contributed by atoms with van der Waals surface area (Å²) in [6.45, 7) is 6.50. The van der Waals surface area contributed by atoms with E-state index in [4.69, 9.17) is 0 Å². The number of hydrogen-bond donors (Lipinski definition) is 2. The van der Waals surface area contributed by atoms with Gasteiger partial charge in [0.1, 0.15) is 4.90 Å². The summed E-state index contributed by atoms with van der Waals surface area (Å²) in [5.41, 5.74) is 3.53. The number of sulfonamides is 1. The van der Waals surface area contributed by atoms with Crippen molar-refractivity contribution in [3.8, 4) is 0 Å². The molecule has 1 saturated carbocycles. The van der Waals surface area contributed by atoms with Gasteiger partial charge in [-0.2, -0.15) is 0 Å². The van der Waals surface area contributed by atoms with Gasteiger partial charge in [-0.1, -0.05) is 37.6 Å². The van der Waals surface area contributed by atoms with Crippen LogP contribution in [0.4, 0.5) is 11.4 Å². The van der Waals surface area contributed by atoms with E-state index >= 15 is 0 Å². The van der Waals surface area contributed by atoms with Crippen molar-refractivity contribution in [1.82, 2.24) is 9.62 Å². The molecule has 2 aromatic rings. The first kappa shape index (κ1) is 24.3. The van der Waals surface area contributed by atoms with Gasteiger partial charge in [-0.3, -0.25) is 4.79 Å². The summed E-state index contributed by atoms with van der Waals surface area (Å²) >= 11 is 0. The molecule has 8 heteroatoms. The zero-order valence-electron chi connectivity index (χ0n) is 20.5. The lowest BCUT2D eigenvalue weighted by Crippen LogP contribution is -2.46. The van der Waals surface area contributed by atoms with E-state index in [-0.39, 0.29) is 22.8 Å². The van der Waals surface area contributed by atoms with E-state index in [2.05, 4.69) is 32.8 Å². The highest BCUT2D eigenvalue weighted by molar-refractivity contribution is 7.89. The summed E-state index contributed by atoms with van der Waals surface area (Å²) in [5, 5.41) is 2.96. The van der Waals surface area contributed by atoms with Gasteiger partial charge in [0.25, 0.3) is 0 Å². The number of nitrogens with zero attached hydrogens (tertiary/aromatic N) is 2. The van der Waals surface area contributed by atoms with Gasteiger partial charge in [-0.15, -0.1) is 0 Å². The number of fused-ring (bicyclic) bond motifs is 1. The average Bonchev–Trinajstić information content (AvgIpc) is 2.83. The molecule has 0 aromatic heterocycles. The van der Waals surface area contributed by atoms with Crippen molar-refractivity contribution in [3.05, 3.63) is 53.6 Å². The maximum absolute atomic E-state index is 13.9. The lowest BCUT2D eigenvalue weighted by atomic mass is 9.85. The first-order valence-corrected chi connectivity index (χ1v) is 14.5. The maximum atomic E-state index is 13.9. The molecule has 2 fully saturated rings. The van der Waals surface area contributed by atoms with Crippen LogP contribution in [-0.4, -0.2) is 51.9 Å². The second-order valence-electron chi connectivity index (χ2n) is 9.99. The van der Waals surface area contributed by atoms with E-state index in [1.165, 1.54) is 5.56 Å². The van der Waals surface area contributed by atoms with Crippen LogP contribution in [0.5, 0.6) is 0 Å². The lowest BCUT2D eigenvalue weighted by molar-refractivity contribution is -0.122. The smallest absolute Gasteiger partial charge is 0.243 e. The highest BCUT2D eigenvalue weighted by Gasteiger charge is 2.31. The lowest BCUT2D eigenvalue weighted by Gasteiger charge is -2.36. The Bertz CT molecular complexity index is 1170. The molecular formula is C27H36N4O3S. The predicted octanol–water partition coefficient (Wildman–Crippen LogP) is 3.92. The molecule has 3 aliphatic rings. The Labute approximate surface area is 208 Å². The third kappa shape index (κ3) is 5.25. The number of rotatable bonds is 7. The minimum atomic E-state index is -3.83. The number of carbonyl (C=O) groups is 1.